The van der Waals surface area contributed by atoms with Crippen molar-refractivity contribution in [1.29, 1.82) is 0 Å². The topological polar surface area (TPSA) is 103 Å². The van der Waals surface area contributed by atoms with Gasteiger partial charge in [-0.2, -0.15) is 0 Å². The number of benzene rings is 1. The minimum Gasteiger partial charge on any atom is -0.465 e. The third-order valence-corrected chi connectivity index (χ3v) is 6.76. The van der Waals surface area contributed by atoms with E-state index < -0.39 is 0 Å². The van der Waals surface area contributed by atoms with E-state index in [4.69, 9.17) is 14.7 Å². The van der Waals surface area contributed by atoms with Gasteiger partial charge in [0.05, 0.1) is 24.4 Å². The van der Waals surface area contributed by atoms with Gasteiger partial charge in [0.15, 0.2) is 5.82 Å². The summed E-state index contributed by atoms with van der Waals surface area (Å²) in [6.45, 7) is 1.75. The number of nitrogens with zero attached hydrogens (tertiary/aromatic N) is 3. The average molecular weight is 464 g/mol. The first-order valence-corrected chi connectivity index (χ1v) is 11.8. The number of aromatic amines is 1. The summed E-state index contributed by atoms with van der Waals surface area (Å²) in [7, 11) is 1.37. The summed E-state index contributed by atoms with van der Waals surface area (Å²) in [5.74, 6) is 0.924. The summed E-state index contributed by atoms with van der Waals surface area (Å²) in [6, 6.07) is 12.2. The fourth-order valence-electron chi connectivity index (χ4n) is 4.08. The first kappa shape index (κ1) is 21.4. The van der Waals surface area contributed by atoms with Gasteiger partial charge < -0.3 is 25.0 Å². The number of carbonyl (C=O) groups excluding carboxylic acids is 1. The highest BCUT2D eigenvalue weighted by Gasteiger charge is 2.18. The number of H-pyrrole nitrogens is 1. The van der Waals surface area contributed by atoms with Crippen LogP contribution in [0.5, 0.6) is 0 Å². The molecule has 0 bridgehead atoms. The Morgan fingerprint density at radius 1 is 1.21 bits per heavy atom. The Morgan fingerprint density at radius 3 is 2.76 bits per heavy atom. The summed E-state index contributed by atoms with van der Waals surface area (Å²) >= 11 is 1.32. The molecule has 0 radical (unpaired) electrons. The third kappa shape index (κ3) is 4.55. The fourth-order valence-corrected chi connectivity index (χ4v) is 4.85. The van der Waals surface area contributed by atoms with Gasteiger partial charge in [-0.15, -0.1) is 11.3 Å². The first-order chi connectivity index (χ1) is 16.1. The normalized spacial score (nSPS) is 14.5. The van der Waals surface area contributed by atoms with Crippen LogP contribution in [-0.4, -0.2) is 52.3 Å². The minimum absolute atomic E-state index is 0.179. The number of carbonyl (C=O) groups is 1. The zero-order valence-electron chi connectivity index (χ0n) is 18.2. The highest BCUT2D eigenvalue weighted by Crippen LogP contribution is 2.29. The van der Waals surface area contributed by atoms with Gasteiger partial charge in [0.1, 0.15) is 16.2 Å². The molecule has 170 valence electrons. The number of rotatable bonds is 6. The molecule has 3 N–H and O–H groups in total. The van der Waals surface area contributed by atoms with Crippen molar-refractivity contribution < 1.29 is 14.6 Å². The van der Waals surface area contributed by atoms with Crippen molar-refractivity contribution in [3.05, 3.63) is 64.2 Å². The van der Waals surface area contributed by atoms with Crippen LogP contribution in [0, 0.1) is 0 Å². The van der Waals surface area contributed by atoms with Crippen molar-refractivity contribution in [3.8, 4) is 0 Å². The fraction of sp³-hybridized carbons (Fsp3) is 0.292. The molecule has 0 spiro atoms. The Kier molecular flexibility index (Phi) is 5.97. The number of piperidine rings is 1. The third-order valence-electron chi connectivity index (χ3n) is 5.87. The SMILES string of the molecule is COC(=O)c1sccc1Nc1nc(Cc2ccc(N3CCC(O)CC3)cc2)nc2cc[nH]c12. The van der Waals surface area contributed by atoms with E-state index in [0.717, 1.165) is 42.5 Å². The molecule has 4 aromatic rings. The number of thiophene rings is 1. The van der Waals surface area contributed by atoms with Gasteiger partial charge in [0.2, 0.25) is 0 Å². The second kappa shape index (κ2) is 9.21. The molecule has 8 nitrogen and oxygen atoms in total. The molecule has 0 aliphatic carbocycles. The molecule has 0 atom stereocenters. The number of hydrogen-bond donors (Lipinski definition) is 3. The molecule has 3 aromatic heterocycles. The lowest BCUT2D eigenvalue weighted by molar-refractivity contribution is 0.0607. The molecule has 0 unspecified atom stereocenters. The van der Waals surface area contributed by atoms with Gasteiger partial charge in [-0.1, -0.05) is 12.1 Å². The molecule has 1 aliphatic rings. The van der Waals surface area contributed by atoms with Crippen molar-refractivity contribution >= 4 is 45.5 Å². The summed E-state index contributed by atoms with van der Waals surface area (Å²) in [5.41, 5.74) is 4.53. The van der Waals surface area contributed by atoms with E-state index in [2.05, 4.69) is 39.5 Å². The van der Waals surface area contributed by atoms with E-state index in [1.165, 1.54) is 24.1 Å². The highest BCUT2D eigenvalue weighted by atomic mass is 32.1. The van der Waals surface area contributed by atoms with Crippen LogP contribution in [0.2, 0.25) is 0 Å². The van der Waals surface area contributed by atoms with Crippen LogP contribution in [0.25, 0.3) is 11.0 Å². The van der Waals surface area contributed by atoms with Crippen LogP contribution in [-0.2, 0) is 11.2 Å². The van der Waals surface area contributed by atoms with E-state index in [0.29, 0.717) is 28.6 Å². The molecule has 0 amide bonds. The second-order valence-corrected chi connectivity index (χ2v) is 8.98. The summed E-state index contributed by atoms with van der Waals surface area (Å²) in [6.07, 6.45) is 3.85. The minimum atomic E-state index is -0.382. The van der Waals surface area contributed by atoms with E-state index in [9.17, 15) is 9.90 Å². The molecule has 33 heavy (non-hydrogen) atoms. The molecule has 1 aromatic carbocycles. The van der Waals surface area contributed by atoms with E-state index in [1.54, 1.807) is 0 Å². The molecule has 4 heterocycles. The van der Waals surface area contributed by atoms with Gasteiger partial charge in [-0.3, -0.25) is 0 Å². The quantitative estimate of drug-likeness (QED) is 0.370. The van der Waals surface area contributed by atoms with E-state index in [1.807, 2.05) is 23.7 Å². The molecule has 1 saturated heterocycles. The average Bonchev–Trinajstić information content (AvgIpc) is 3.49. The number of nitrogens with one attached hydrogen (secondary N) is 2. The van der Waals surface area contributed by atoms with Crippen LogP contribution >= 0.6 is 11.3 Å². The predicted molar refractivity (Wildman–Crippen MR) is 130 cm³/mol. The summed E-state index contributed by atoms with van der Waals surface area (Å²) in [5, 5.41) is 14.8. The number of anilines is 3. The van der Waals surface area contributed by atoms with Crippen molar-refractivity contribution in [3.63, 3.8) is 0 Å². The van der Waals surface area contributed by atoms with E-state index in [-0.39, 0.29) is 12.1 Å². The number of esters is 1. The largest absolute Gasteiger partial charge is 0.465 e. The van der Waals surface area contributed by atoms with Crippen LogP contribution < -0.4 is 10.2 Å². The summed E-state index contributed by atoms with van der Waals surface area (Å²) in [4.78, 5) is 27.5. The number of aliphatic hydroxyl groups excluding tert-OH is 1. The Labute approximate surface area is 195 Å². The Balaban J connectivity index is 1.37. The van der Waals surface area contributed by atoms with Crippen molar-refractivity contribution in [2.75, 3.05) is 30.4 Å². The number of methoxy groups -OCH3 is 1. The number of aliphatic hydroxyl groups is 1. The highest BCUT2D eigenvalue weighted by molar-refractivity contribution is 7.12. The monoisotopic (exact) mass is 463 g/mol. The maximum absolute atomic E-state index is 12.1. The Hall–Kier alpha value is -3.43. The maximum Gasteiger partial charge on any atom is 0.350 e. The number of fused-ring (bicyclic) bond motifs is 1. The molecule has 0 saturated carbocycles. The van der Waals surface area contributed by atoms with Gasteiger partial charge in [0, 0.05) is 31.4 Å². The van der Waals surface area contributed by atoms with Crippen molar-refractivity contribution in [2.45, 2.75) is 25.4 Å². The van der Waals surface area contributed by atoms with Crippen LogP contribution in [0.15, 0.2) is 48.0 Å². The van der Waals surface area contributed by atoms with Crippen LogP contribution in [0.3, 0.4) is 0 Å². The lowest BCUT2D eigenvalue weighted by atomic mass is 10.1. The summed E-state index contributed by atoms with van der Waals surface area (Å²) < 4.78 is 4.88. The predicted octanol–water partition coefficient (Wildman–Crippen LogP) is 4.10. The number of hydrogen-bond acceptors (Lipinski definition) is 8. The molecule has 1 fully saturated rings. The van der Waals surface area contributed by atoms with Gasteiger partial charge in [0.25, 0.3) is 0 Å². The van der Waals surface area contributed by atoms with Crippen molar-refractivity contribution in [2.24, 2.45) is 0 Å². The van der Waals surface area contributed by atoms with Gasteiger partial charge >= 0.3 is 5.97 Å². The lowest BCUT2D eigenvalue weighted by Crippen LogP contribution is -2.35. The first-order valence-electron chi connectivity index (χ1n) is 10.9. The smallest absolute Gasteiger partial charge is 0.350 e. The lowest BCUT2D eigenvalue weighted by Gasteiger charge is -2.31. The zero-order valence-corrected chi connectivity index (χ0v) is 19.1. The van der Waals surface area contributed by atoms with Gasteiger partial charge in [-0.05, 0) is 48.1 Å². The standard InChI is InChI=1S/C24H25N5O3S/c1-32-24(31)22-19(9-13-33-22)27-23-21-18(6-10-25-21)26-20(28-23)14-15-2-4-16(5-3-15)29-11-7-17(30)8-12-29/h2-6,9-10,13,17,25,30H,7-8,11-12,14H2,1H3,(H,26,27,28). The van der Waals surface area contributed by atoms with E-state index >= 15 is 0 Å². The van der Waals surface area contributed by atoms with Crippen LogP contribution in [0.1, 0.15) is 33.9 Å². The zero-order chi connectivity index (χ0) is 22.8. The maximum atomic E-state index is 12.1. The molecular formula is C24H25N5O3S. The number of aromatic nitrogens is 3. The van der Waals surface area contributed by atoms with Gasteiger partial charge in [-0.25, -0.2) is 14.8 Å². The molecule has 5 rings (SSSR count). The second-order valence-electron chi connectivity index (χ2n) is 8.07. The molecule has 9 heteroatoms. The molecular weight excluding hydrogens is 438 g/mol. The van der Waals surface area contributed by atoms with Crippen molar-refractivity contribution in [1.82, 2.24) is 15.0 Å². The Morgan fingerprint density at radius 2 is 2.00 bits per heavy atom. The number of ether oxygens (including phenoxy) is 1. The Bertz CT molecular complexity index is 1260. The molecule has 1 aliphatic heterocycles. The van der Waals surface area contributed by atoms with Crippen LogP contribution in [0.4, 0.5) is 17.2 Å².